The zero-order valence-corrected chi connectivity index (χ0v) is 22.2. The second kappa shape index (κ2) is 13.5. The molecule has 1 atom stereocenters. The van der Waals surface area contributed by atoms with Crippen molar-refractivity contribution in [1.29, 1.82) is 0 Å². The van der Waals surface area contributed by atoms with Crippen LogP contribution in [0, 0.1) is 6.92 Å². The smallest absolute Gasteiger partial charge is 0.241 e. The fourth-order valence-electron chi connectivity index (χ4n) is 4.06. The number of carbonyl (C=O) groups excluding carboxylic acids is 1. The van der Waals surface area contributed by atoms with Crippen LogP contribution in [0.5, 0.6) is 5.75 Å². The number of hydrogen-bond acceptors (Lipinski definition) is 6. The van der Waals surface area contributed by atoms with Gasteiger partial charge in [0.1, 0.15) is 12.4 Å². The van der Waals surface area contributed by atoms with Crippen LogP contribution < -0.4 is 15.4 Å². The largest absolute Gasteiger partial charge is 0.492 e. The zero-order chi connectivity index (χ0) is 26.7. The summed E-state index contributed by atoms with van der Waals surface area (Å²) in [6.45, 7) is 3.78. The Morgan fingerprint density at radius 2 is 1.74 bits per heavy atom. The van der Waals surface area contributed by atoms with Gasteiger partial charge in [0.05, 0.1) is 11.7 Å². The van der Waals surface area contributed by atoms with Crippen molar-refractivity contribution in [3.05, 3.63) is 108 Å². The van der Waals surface area contributed by atoms with Crippen molar-refractivity contribution in [1.82, 2.24) is 20.2 Å². The lowest BCUT2D eigenvalue weighted by Gasteiger charge is -2.20. The van der Waals surface area contributed by atoms with E-state index >= 15 is 0 Å². The first-order valence-electron chi connectivity index (χ1n) is 12.8. The molecule has 4 rings (SSSR count). The maximum Gasteiger partial charge on any atom is 0.241 e. The average Bonchev–Trinajstić information content (AvgIpc) is 2.92. The fourth-order valence-corrected chi connectivity index (χ4v) is 4.06. The number of carbonyl (C=O) groups is 1. The fraction of sp³-hybridized carbons (Fsp3) is 0.258. The Bertz CT molecular complexity index is 1310. The predicted molar refractivity (Wildman–Crippen MR) is 152 cm³/mol. The third-order valence-corrected chi connectivity index (χ3v) is 6.07. The van der Waals surface area contributed by atoms with Crippen molar-refractivity contribution in [3.8, 4) is 16.9 Å². The number of ether oxygens (including phenoxy) is 1. The Morgan fingerprint density at radius 3 is 2.47 bits per heavy atom. The summed E-state index contributed by atoms with van der Waals surface area (Å²) < 4.78 is 6.06. The van der Waals surface area contributed by atoms with Gasteiger partial charge in [-0.2, -0.15) is 0 Å². The van der Waals surface area contributed by atoms with Gasteiger partial charge in [-0.15, -0.1) is 0 Å². The first-order chi connectivity index (χ1) is 18.5. The highest BCUT2D eigenvalue weighted by molar-refractivity contribution is 5.96. The molecule has 0 bridgehead atoms. The summed E-state index contributed by atoms with van der Waals surface area (Å²) in [7, 11) is 4.02. The SMILES string of the molecule is Cc1cc(-c2cc(NC(=O)C(Cc3ccccc3)NCc3ccccn3)cc(OCCN(C)C)c2)ccn1. The first kappa shape index (κ1) is 27.0. The molecule has 0 aliphatic carbocycles. The molecule has 0 spiro atoms. The Balaban J connectivity index is 1.57. The van der Waals surface area contributed by atoms with Gasteiger partial charge in [0.15, 0.2) is 0 Å². The van der Waals surface area contributed by atoms with Gasteiger partial charge in [-0.05, 0) is 80.5 Å². The zero-order valence-electron chi connectivity index (χ0n) is 22.2. The summed E-state index contributed by atoms with van der Waals surface area (Å²) in [5, 5.41) is 6.54. The lowest BCUT2D eigenvalue weighted by atomic mass is 10.0. The number of anilines is 1. The number of likely N-dealkylation sites (N-methyl/N-ethyl adjacent to an activating group) is 1. The number of amides is 1. The van der Waals surface area contributed by atoms with Crippen molar-refractivity contribution in [2.75, 3.05) is 32.6 Å². The monoisotopic (exact) mass is 509 g/mol. The van der Waals surface area contributed by atoms with E-state index < -0.39 is 6.04 Å². The Kier molecular flexibility index (Phi) is 9.56. The van der Waals surface area contributed by atoms with E-state index in [1.54, 1.807) is 12.4 Å². The van der Waals surface area contributed by atoms with Crippen LogP contribution >= 0.6 is 0 Å². The molecule has 2 aromatic carbocycles. The molecule has 196 valence electrons. The molecule has 0 saturated heterocycles. The molecule has 1 unspecified atom stereocenters. The molecule has 2 heterocycles. The molecule has 0 aliphatic heterocycles. The molecule has 4 aromatic rings. The molecule has 7 nitrogen and oxygen atoms in total. The highest BCUT2D eigenvalue weighted by Gasteiger charge is 2.20. The molecule has 0 radical (unpaired) electrons. The highest BCUT2D eigenvalue weighted by Crippen LogP contribution is 2.29. The lowest BCUT2D eigenvalue weighted by molar-refractivity contribution is -0.118. The van der Waals surface area contributed by atoms with Crippen LogP contribution in [-0.4, -0.2) is 54.1 Å². The van der Waals surface area contributed by atoms with Crippen LogP contribution in [0.25, 0.3) is 11.1 Å². The van der Waals surface area contributed by atoms with E-state index in [4.69, 9.17) is 4.74 Å². The van der Waals surface area contributed by atoms with E-state index in [2.05, 4.69) is 25.5 Å². The molecule has 2 N–H and O–H groups in total. The van der Waals surface area contributed by atoms with E-state index in [-0.39, 0.29) is 5.91 Å². The molecule has 38 heavy (non-hydrogen) atoms. The summed E-state index contributed by atoms with van der Waals surface area (Å²) >= 11 is 0. The summed E-state index contributed by atoms with van der Waals surface area (Å²) in [5.41, 5.74) is 5.53. The van der Waals surface area contributed by atoms with Crippen LogP contribution in [0.15, 0.2) is 91.3 Å². The maximum absolute atomic E-state index is 13.6. The molecule has 2 aromatic heterocycles. The van der Waals surface area contributed by atoms with Crippen molar-refractivity contribution in [2.45, 2.75) is 25.9 Å². The molecule has 7 heteroatoms. The van der Waals surface area contributed by atoms with Gasteiger partial charge < -0.3 is 15.0 Å². The van der Waals surface area contributed by atoms with E-state index in [0.717, 1.165) is 34.6 Å². The molecule has 0 aliphatic rings. The molecule has 0 saturated carbocycles. The molecular weight excluding hydrogens is 474 g/mol. The van der Waals surface area contributed by atoms with Gasteiger partial charge in [0.25, 0.3) is 0 Å². The second-order valence-corrected chi connectivity index (χ2v) is 9.52. The Hall–Kier alpha value is -4.07. The number of aryl methyl sites for hydroxylation is 1. The van der Waals surface area contributed by atoms with Crippen molar-refractivity contribution in [3.63, 3.8) is 0 Å². The van der Waals surface area contributed by atoms with Gasteiger partial charge in [-0.25, -0.2) is 0 Å². The van der Waals surface area contributed by atoms with Crippen LogP contribution in [0.1, 0.15) is 17.0 Å². The number of hydrogen-bond donors (Lipinski definition) is 2. The minimum atomic E-state index is -0.454. The summed E-state index contributed by atoms with van der Waals surface area (Å²) in [6, 6.07) is 25.2. The van der Waals surface area contributed by atoms with Gasteiger partial charge in [0, 0.05) is 42.9 Å². The number of rotatable bonds is 12. The van der Waals surface area contributed by atoms with Crippen molar-refractivity contribution < 1.29 is 9.53 Å². The molecule has 0 fully saturated rings. The number of nitrogens with zero attached hydrogens (tertiary/aromatic N) is 3. The topological polar surface area (TPSA) is 79.4 Å². The summed E-state index contributed by atoms with van der Waals surface area (Å²) in [6.07, 6.45) is 4.10. The predicted octanol–water partition coefficient (Wildman–Crippen LogP) is 4.73. The highest BCUT2D eigenvalue weighted by atomic mass is 16.5. The van der Waals surface area contributed by atoms with E-state index in [1.807, 2.05) is 99.9 Å². The van der Waals surface area contributed by atoms with E-state index in [9.17, 15) is 4.79 Å². The van der Waals surface area contributed by atoms with Crippen LogP contribution in [0.2, 0.25) is 0 Å². The normalized spacial score (nSPS) is 11.8. The summed E-state index contributed by atoms with van der Waals surface area (Å²) in [5.74, 6) is 0.585. The maximum atomic E-state index is 13.6. The molecule has 1 amide bonds. The third-order valence-electron chi connectivity index (χ3n) is 6.07. The number of benzene rings is 2. The van der Waals surface area contributed by atoms with Crippen molar-refractivity contribution in [2.24, 2.45) is 0 Å². The van der Waals surface area contributed by atoms with Gasteiger partial charge in [-0.3, -0.25) is 20.1 Å². The van der Waals surface area contributed by atoms with Crippen molar-refractivity contribution >= 4 is 11.6 Å². The van der Waals surface area contributed by atoms with Gasteiger partial charge in [-0.1, -0.05) is 36.4 Å². The minimum Gasteiger partial charge on any atom is -0.492 e. The van der Waals surface area contributed by atoms with Crippen LogP contribution in [0.3, 0.4) is 0 Å². The van der Waals surface area contributed by atoms with Crippen LogP contribution in [-0.2, 0) is 17.8 Å². The van der Waals surface area contributed by atoms with E-state index in [1.165, 1.54) is 0 Å². The summed E-state index contributed by atoms with van der Waals surface area (Å²) in [4.78, 5) is 24.4. The minimum absolute atomic E-state index is 0.118. The first-order valence-corrected chi connectivity index (χ1v) is 12.8. The standard InChI is InChI=1S/C31H35N5O2/c1-23-17-25(12-14-32-23)26-19-28(21-29(20-26)38-16-15-36(2)3)35-31(37)30(18-24-9-5-4-6-10-24)34-22-27-11-7-8-13-33-27/h4-14,17,19-21,30,34H,15-16,18,22H2,1-3H3,(H,35,37). The molecular formula is C31H35N5O2. The van der Waals surface area contributed by atoms with E-state index in [0.29, 0.717) is 31.0 Å². The number of pyridine rings is 2. The average molecular weight is 510 g/mol. The third kappa shape index (κ3) is 8.23. The Morgan fingerprint density at radius 1 is 0.921 bits per heavy atom. The Labute approximate surface area is 224 Å². The number of nitrogens with one attached hydrogen (secondary N) is 2. The van der Waals surface area contributed by atoms with Gasteiger partial charge >= 0.3 is 0 Å². The number of aromatic nitrogens is 2. The second-order valence-electron chi connectivity index (χ2n) is 9.52. The van der Waals surface area contributed by atoms with Gasteiger partial charge in [0.2, 0.25) is 5.91 Å². The quantitative estimate of drug-likeness (QED) is 0.287. The lowest BCUT2D eigenvalue weighted by Crippen LogP contribution is -2.42. The van der Waals surface area contributed by atoms with Crippen LogP contribution in [0.4, 0.5) is 5.69 Å².